The molecule has 6 N–H and O–H groups in total. The van der Waals surface area contributed by atoms with Gasteiger partial charge in [0.1, 0.15) is 12.2 Å². The largest absolute Gasteiger partial charge is 0.390 e. The molecule has 0 fully saturated rings. The molecule has 1 aliphatic rings. The third kappa shape index (κ3) is 8.47. The summed E-state index contributed by atoms with van der Waals surface area (Å²) in [5.74, 6) is -2.35. The minimum absolute atomic E-state index is 0.118. The van der Waals surface area contributed by atoms with Gasteiger partial charge in [0.15, 0.2) is 12.2 Å². The van der Waals surface area contributed by atoms with Gasteiger partial charge in [-0.25, -0.2) is 0 Å². The van der Waals surface area contributed by atoms with Crippen molar-refractivity contribution in [2.24, 2.45) is 0 Å². The molecule has 198 valence electrons. The van der Waals surface area contributed by atoms with Gasteiger partial charge in [-0.3, -0.25) is 25.2 Å². The molecular weight excluding hydrogens is 606 g/mol. The topological polar surface area (TPSA) is 166 Å². The fraction of sp³-hybridized carbons (Fsp3) is 0.435. The van der Waals surface area contributed by atoms with Crippen molar-refractivity contribution in [3.05, 3.63) is 57.5 Å². The van der Waals surface area contributed by atoms with Crippen LogP contribution in [0.3, 0.4) is 0 Å². The molecule has 1 aromatic carbocycles. The van der Waals surface area contributed by atoms with Crippen molar-refractivity contribution in [1.29, 1.82) is 0 Å². The molecule has 0 saturated heterocycles. The number of ether oxygens (including phenoxy) is 2. The Kier molecular flexibility index (Phi) is 12.7. The molecule has 11 nitrogen and oxygen atoms in total. The molecule has 36 heavy (non-hydrogen) atoms. The third-order valence-corrected chi connectivity index (χ3v) is 6.02. The van der Waals surface area contributed by atoms with E-state index in [-0.39, 0.29) is 13.2 Å². The highest BCUT2D eigenvalue weighted by molar-refractivity contribution is 9.11. The van der Waals surface area contributed by atoms with Crippen LogP contribution in [0.15, 0.2) is 46.4 Å². The number of amides is 3. The lowest BCUT2D eigenvalue weighted by molar-refractivity contribution is -0.166. The molecule has 2 rings (SSSR count). The Bertz CT molecular complexity index is 961. The molecule has 0 saturated carbocycles. The number of aliphatic hydroxyl groups is 3. The summed E-state index contributed by atoms with van der Waals surface area (Å²) in [5.41, 5.74) is 5.75. The summed E-state index contributed by atoms with van der Waals surface area (Å²) in [6.45, 7) is 0.908. The highest BCUT2D eigenvalue weighted by Gasteiger charge is 2.42. The number of halogens is 2. The van der Waals surface area contributed by atoms with E-state index in [1.165, 1.54) is 22.1 Å². The van der Waals surface area contributed by atoms with Crippen LogP contribution in [0.4, 0.5) is 0 Å². The first-order valence-electron chi connectivity index (χ1n) is 10.9. The lowest BCUT2D eigenvalue weighted by Gasteiger charge is -2.31. The molecule has 0 aliphatic heterocycles. The molecule has 1 aromatic rings. The Hall–Kier alpha value is -2.13. The molecule has 0 unspecified atom stereocenters. The van der Waals surface area contributed by atoms with Gasteiger partial charge in [0.25, 0.3) is 11.8 Å². The Morgan fingerprint density at radius 1 is 1.00 bits per heavy atom. The van der Waals surface area contributed by atoms with Crippen molar-refractivity contribution >= 4 is 49.6 Å². The van der Waals surface area contributed by atoms with Crippen LogP contribution in [0, 0.1) is 0 Å². The smallest absolute Gasteiger partial charge is 0.270 e. The van der Waals surface area contributed by atoms with Gasteiger partial charge in [-0.1, -0.05) is 68.3 Å². The molecule has 13 heteroatoms. The van der Waals surface area contributed by atoms with E-state index in [0.717, 1.165) is 18.1 Å². The van der Waals surface area contributed by atoms with Crippen molar-refractivity contribution in [3.8, 4) is 0 Å². The molecule has 0 spiro atoms. The number of rotatable bonds is 12. The van der Waals surface area contributed by atoms with Crippen LogP contribution in [0.25, 0.3) is 0 Å². The van der Waals surface area contributed by atoms with Crippen LogP contribution < -0.4 is 16.2 Å². The van der Waals surface area contributed by atoms with Crippen molar-refractivity contribution in [1.82, 2.24) is 16.2 Å². The van der Waals surface area contributed by atoms with Crippen LogP contribution in [-0.2, 0) is 30.3 Å². The van der Waals surface area contributed by atoms with Crippen molar-refractivity contribution in [2.75, 3.05) is 13.2 Å². The lowest BCUT2D eigenvalue weighted by Crippen LogP contribution is -2.58. The fourth-order valence-electron chi connectivity index (χ4n) is 3.61. The van der Waals surface area contributed by atoms with Crippen molar-refractivity contribution in [3.63, 3.8) is 0 Å². The highest BCUT2D eigenvalue weighted by Crippen LogP contribution is 2.31. The van der Waals surface area contributed by atoms with E-state index in [0.29, 0.717) is 6.42 Å². The summed E-state index contributed by atoms with van der Waals surface area (Å²) in [4.78, 5) is 39.9. The second-order valence-electron chi connectivity index (χ2n) is 7.84. The molecule has 1 aliphatic carbocycles. The Morgan fingerprint density at radius 3 is 2.11 bits per heavy atom. The van der Waals surface area contributed by atoms with Gasteiger partial charge in [-0.05, 0) is 21.1 Å². The summed E-state index contributed by atoms with van der Waals surface area (Å²) < 4.78 is 10.9. The number of carbonyl (C=O) groups excluding carboxylic acids is 3. The molecule has 0 aromatic heterocycles. The summed E-state index contributed by atoms with van der Waals surface area (Å²) in [6, 6.07) is 6.47. The van der Waals surface area contributed by atoms with E-state index in [4.69, 9.17) is 9.47 Å². The summed E-state index contributed by atoms with van der Waals surface area (Å²) in [6.07, 6.45) is -4.75. The second-order valence-corrected chi connectivity index (χ2v) is 8.90. The number of hydrogen-bond acceptors (Lipinski definition) is 8. The van der Waals surface area contributed by atoms with Gasteiger partial charge in [-0.2, -0.15) is 0 Å². The summed E-state index contributed by atoms with van der Waals surface area (Å²) >= 11 is 6.14. The van der Waals surface area contributed by atoms with E-state index in [2.05, 4.69) is 48.0 Å². The first kappa shape index (κ1) is 30.1. The zero-order chi connectivity index (χ0) is 26.7. The predicted molar refractivity (Wildman–Crippen MR) is 137 cm³/mol. The third-order valence-electron chi connectivity index (χ3n) is 5.27. The van der Waals surface area contributed by atoms with Gasteiger partial charge < -0.3 is 30.1 Å². The highest BCUT2D eigenvalue weighted by atomic mass is 79.9. The van der Waals surface area contributed by atoms with E-state index in [1.807, 2.05) is 12.1 Å². The van der Waals surface area contributed by atoms with Crippen molar-refractivity contribution < 1.29 is 39.2 Å². The normalized spacial score (nSPS) is 20.5. The first-order valence-corrected chi connectivity index (χ1v) is 12.8. The number of carbonyl (C=O) groups is 3. The minimum Gasteiger partial charge on any atom is -0.390 e. The summed E-state index contributed by atoms with van der Waals surface area (Å²) in [7, 11) is 0. The number of nitrogens with one attached hydrogen (secondary N) is 3. The number of benzene rings is 1. The molecule has 6 atom stereocenters. The maximum atomic E-state index is 13.2. The van der Waals surface area contributed by atoms with Gasteiger partial charge in [0.05, 0.1) is 25.4 Å². The second kappa shape index (κ2) is 15.2. The van der Waals surface area contributed by atoms with Gasteiger partial charge in [0, 0.05) is 13.3 Å². The maximum absolute atomic E-state index is 13.2. The van der Waals surface area contributed by atoms with E-state index < -0.39 is 54.3 Å². The number of aliphatic hydroxyl groups excluding tert-OH is 3. The predicted octanol–water partition coefficient (Wildman–Crippen LogP) is 0.238. The maximum Gasteiger partial charge on any atom is 0.270 e. The minimum atomic E-state index is -1.94. The van der Waals surface area contributed by atoms with Crippen LogP contribution in [-0.4, -0.2) is 76.8 Å². The van der Waals surface area contributed by atoms with Crippen molar-refractivity contribution in [2.45, 2.75) is 49.9 Å². The number of hydrazine groups is 1. The summed E-state index contributed by atoms with van der Waals surface area (Å²) in [5, 5.41) is 34.9. The zero-order valence-corrected chi connectivity index (χ0v) is 22.5. The van der Waals surface area contributed by atoms with Crippen LogP contribution in [0.1, 0.15) is 24.1 Å². The standard InChI is InChI=1S/C23H29Br2N3O8/c1-13(29)27-28-23(34)21(36-11-5-9-25)19(32)18(31)20(35-10-4-8-24)22(33)26-17-15-7-3-2-6-14(15)12-16(17)30/h2-9,16-21,30-32H,10-12H2,1H3,(H,26,33)(H,27,29)(H,28,34)/b8-4+,9-5+/t16-,17+,18-,19-,20-,21-/m1/s1. The quantitative estimate of drug-likeness (QED) is 0.178. The monoisotopic (exact) mass is 633 g/mol. The van der Waals surface area contributed by atoms with Crippen LogP contribution in [0.5, 0.6) is 0 Å². The SMILES string of the molecule is CC(=O)NNC(=O)[C@H](OC/C=C/Br)[C@H](O)[C@@H](O)[C@@H](OC/C=C/Br)C(=O)N[C@H]1c2ccccc2C[C@H]1O. The number of fused-ring (bicyclic) bond motifs is 1. The van der Waals surface area contributed by atoms with Gasteiger partial charge in [-0.15, -0.1) is 0 Å². The molecule has 0 radical (unpaired) electrons. The molecule has 0 bridgehead atoms. The van der Waals surface area contributed by atoms with E-state index >= 15 is 0 Å². The Labute approximate surface area is 225 Å². The average Bonchev–Trinajstić information content (AvgIpc) is 3.17. The Morgan fingerprint density at radius 2 is 1.56 bits per heavy atom. The van der Waals surface area contributed by atoms with Crippen LogP contribution in [0.2, 0.25) is 0 Å². The zero-order valence-electron chi connectivity index (χ0n) is 19.3. The van der Waals surface area contributed by atoms with Gasteiger partial charge >= 0.3 is 0 Å². The van der Waals surface area contributed by atoms with E-state index in [9.17, 15) is 29.7 Å². The molecular formula is C23H29Br2N3O8. The molecule has 3 amide bonds. The lowest BCUT2D eigenvalue weighted by atomic mass is 10.0. The number of hydrogen-bond donors (Lipinski definition) is 6. The van der Waals surface area contributed by atoms with Crippen LogP contribution >= 0.6 is 31.9 Å². The molecule has 0 heterocycles. The fourth-order valence-corrected chi connectivity index (χ4v) is 3.92. The van der Waals surface area contributed by atoms with E-state index in [1.54, 1.807) is 12.1 Å². The average molecular weight is 635 g/mol. The Balaban J connectivity index is 2.24. The van der Waals surface area contributed by atoms with Gasteiger partial charge in [0.2, 0.25) is 5.91 Å². The first-order chi connectivity index (χ1) is 17.2.